The van der Waals surface area contributed by atoms with Crippen molar-refractivity contribution in [3.05, 3.63) is 94.0 Å². The second-order valence-corrected chi connectivity index (χ2v) is 12.2. The molecule has 3 aromatic rings. The number of amides is 2. The van der Waals surface area contributed by atoms with Crippen molar-refractivity contribution in [2.45, 2.75) is 50.3 Å². The van der Waals surface area contributed by atoms with E-state index in [0.29, 0.717) is 33.9 Å². The van der Waals surface area contributed by atoms with E-state index in [1.165, 1.54) is 36.1 Å². The Labute approximate surface area is 253 Å². The SMILES string of the molecule is CCCCNC(=O)[C@@H](C)N(Cc1cccc(Cl)c1)C(=O)CN(c1ccc(Cl)c(C(F)(F)F)c1)S(=O)(=O)c1ccccc1. The van der Waals surface area contributed by atoms with E-state index in [2.05, 4.69) is 5.32 Å². The molecule has 0 bridgehead atoms. The van der Waals surface area contributed by atoms with Gasteiger partial charge in [0.15, 0.2) is 0 Å². The third-order valence-electron chi connectivity index (χ3n) is 6.39. The predicted molar refractivity (Wildman–Crippen MR) is 157 cm³/mol. The molecule has 7 nitrogen and oxygen atoms in total. The Morgan fingerprint density at radius 2 is 1.67 bits per heavy atom. The van der Waals surface area contributed by atoms with Gasteiger partial charge in [0.25, 0.3) is 10.0 Å². The molecule has 2 amide bonds. The number of benzene rings is 3. The summed E-state index contributed by atoms with van der Waals surface area (Å²) in [7, 11) is -4.55. The Morgan fingerprint density at radius 1 is 0.976 bits per heavy atom. The number of sulfonamides is 1. The molecule has 42 heavy (non-hydrogen) atoms. The minimum Gasteiger partial charge on any atom is -0.354 e. The molecule has 1 N–H and O–H groups in total. The lowest BCUT2D eigenvalue weighted by Gasteiger charge is -2.32. The van der Waals surface area contributed by atoms with E-state index in [1.54, 1.807) is 30.3 Å². The predicted octanol–water partition coefficient (Wildman–Crippen LogP) is 6.54. The molecule has 0 saturated carbocycles. The lowest BCUT2D eigenvalue weighted by Crippen LogP contribution is -2.51. The molecule has 0 aliphatic carbocycles. The highest BCUT2D eigenvalue weighted by atomic mass is 35.5. The van der Waals surface area contributed by atoms with Crippen molar-refractivity contribution in [2.24, 2.45) is 0 Å². The molecule has 0 aromatic heterocycles. The largest absolute Gasteiger partial charge is 0.417 e. The highest BCUT2D eigenvalue weighted by Crippen LogP contribution is 2.38. The smallest absolute Gasteiger partial charge is 0.354 e. The Bertz CT molecular complexity index is 1510. The van der Waals surface area contributed by atoms with Crippen LogP contribution in [-0.2, 0) is 32.3 Å². The number of carbonyl (C=O) groups excluding carboxylic acids is 2. The van der Waals surface area contributed by atoms with Gasteiger partial charge in [0.05, 0.1) is 21.2 Å². The van der Waals surface area contributed by atoms with Gasteiger partial charge in [-0.3, -0.25) is 13.9 Å². The standard InChI is InChI=1S/C29H30Cl2F3N3O4S/c1-3-4-15-35-28(39)20(2)36(18-21-9-8-10-22(30)16-21)27(38)19-37(42(40,41)24-11-6-5-7-12-24)23-13-14-26(31)25(17-23)29(32,33)34/h5-14,16-17,20H,3-4,15,18-19H2,1-2H3,(H,35,39)/t20-/m1/s1. The van der Waals surface area contributed by atoms with Crippen LogP contribution in [0.2, 0.25) is 10.0 Å². The lowest BCUT2D eigenvalue weighted by molar-refractivity contribution is -0.139. The first kappa shape index (κ1) is 33.2. The minimum absolute atomic E-state index is 0.116. The van der Waals surface area contributed by atoms with E-state index >= 15 is 0 Å². The van der Waals surface area contributed by atoms with Crippen LogP contribution in [0.15, 0.2) is 77.7 Å². The molecule has 13 heteroatoms. The van der Waals surface area contributed by atoms with E-state index < -0.39 is 56.9 Å². The minimum atomic E-state index is -4.89. The van der Waals surface area contributed by atoms with Crippen LogP contribution in [0.3, 0.4) is 0 Å². The maximum absolute atomic E-state index is 13.9. The quantitative estimate of drug-likeness (QED) is 0.227. The van der Waals surface area contributed by atoms with Crippen molar-refractivity contribution in [2.75, 3.05) is 17.4 Å². The number of unbranched alkanes of at least 4 members (excludes halogenated alkanes) is 1. The van der Waals surface area contributed by atoms with Crippen LogP contribution in [0.4, 0.5) is 18.9 Å². The molecule has 3 rings (SSSR count). The molecule has 0 saturated heterocycles. The topological polar surface area (TPSA) is 86.8 Å². The van der Waals surface area contributed by atoms with Crippen LogP contribution in [-0.4, -0.2) is 44.3 Å². The molecule has 0 radical (unpaired) electrons. The number of halogens is 5. The second-order valence-electron chi connectivity index (χ2n) is 9.46. The molecule has 1 atom stereocenters. The second kappa shape index (κ2) is 14.3. The number of hydrogen-bond acceptors (Lipinski definition) is 4. The number of anilines is 1. The van der Waals surface area contributed by atoms with Crippen LogP contribution < -0.4 is 9.62 Å². The molecule has 0 aliphatic heterocycles. The highest BCUT2D eigenvalue weighted by Gasteiger charge is 2.37. The number of hydrogen-bond donors (Lipinski definition) is 1. The summed E-state index contributed by atoms with van der Waals surface area (Å²) >= 11 is 11.9. The van der Waals surface area contributed by atoms with E-state index in [1.807, 2.05) is 6.92 Å². The summed E-state index contributed by atoms with van der Waals surface area (Å²) in [6.45, 7) is 2.80. The van der Waals surface area contributed by atoms with Crippen molar-refractivity contribution in [3.63, 3.8) is 0 Å². The summed E-state index contributed by atoms with van der Waals surface area (Å²) in [5, 5.41) is 2.51. The molecule has 0 fully saturated rings. The lowest BCUT2D eigenvalue weighted by atomic mass is 10.1. The molecule has 226 valence electrons. The fraction of sp³-hybridized carbons (Fsp3) is 0.310. The van der Waals surface area contributed by atoms with Crippen molar-refractivity contribution < 1.29 is 31.2 Å². The van der Waals surface area contributed by atoms with Gasteiger partial charge in [0, 0.05) is 18.1 Å². The van der Waals surface area contributed by atoms with Gasteiger partial charge in [-0.05, 0) is 61.4 Å². The normalized spacial score (nSPS) is 12.5. The van der Waals surface area contributed by atoms with Crippen LogP contribution >= 0.6 is 23.2 Å². The summed E-state index contributed by atoms with van der Waals surface area (Å²) in [5.41, 5.74) is -1.12. The Kier molecular flexibility index (Phi) is 11.3. The molecule has 0 spiro atoms. The van der Waals surface area contributed by atoms with Gasteiger partial charge in [0.2, 0.25) is 11.8 Å². The van der Waals surface area contributed by atoms with Crippen molar-refractivity contribution >= 4 is 50.7 Å². The maximum Gasteiger partial charge on any atom is 0.417 e. The molecular weight excluding hydrogens is 614 g/mol. The molecule has 0 heterocycles. The highest BCUT2D eigenvalue weighted by molar-refractivity contribution is 7.92. The van der Waals surface area contributed by atoms with Crippen molar-refractivity contribution in [1.29, 1.82) is 0 Å². The van der Waals surface area contributed by atoms with E-state index in [-0.39, 0.29) is 11.4 Å². The average Bonchev–Trinajstić information content (AvgIpc) is 2.94. The van der Waals surface area contributed by atoms with Crippen LogP contribution in [0.1, 0.15) is 37.8 Å². The maximum atomic E-state index is 13.9. The van der Waals surface area contributed by atoms with E-state index in [4.69, 9.17) is 23.2 Å². The molecular formula is C29H30Cl2F3N3O4S. The number of nitrogens with zero attached hydrogens (tertiary/aromatic N) is 2. The number of alkyl halides is 3. The monoisotopic (exact) mass is 643 g/mol. The summed E-state index contributed by atoms with van der Waals surface area (Å²) in [5.74, 6) is -1.29. The first-order chi connectivity index (χ1) is 19.8. The van der Waals surface area contributed by atoms with Crippen molar-refractivity contribution in [3.8, 4) is 0 Å². The molecule has 0 aliphatic rings. The number of nitrogens with one attached hydrogen (secondary N) is 1. The zero-order valence-electron chi connectivity index (χ0n) is 22.9. The van der Waals surface area contributed by atoms with E-state index in [0.717, 1.165) is 18.6 Å². The fourth-order valence-electron chi connectivity index (χ4n) is 4.08. The summed E-state index contributed by atoms with van der Waals surface area (Å²) in [6.07, 6.45) is -3.35. The summed E-state index contributed by atoms with van der Waals surface area (Å²) in [6, 6.07) is 15.1. The van der Waals surface area contributed by atoms with Gasteiger partial charge in [0.1, 0.15) is 12.6 Å². The summed E-state index contributed by atoms with van der Waals surface area (Å²) in [4.78, 5) is 27.8. The molecule has 3 aromatic carbocycles. The van der Waals surface area contributed by atoms with Gasteiger partial charge in [-0.2, -0.15) is 13.2 Å². The van der Waals surface area contributed by atoms with Gasteiger partial charge in [-0.1, -0.05) is 66.9 Å². The number of carbonyl (C=O) groups is 2. The third kappa shape index (κ3) is 8.39. The van der Waals surface area contributed by atoms with Gasteiger partial charge in [-0.25, -0.2) is 8.42 Å². The number of rotatable bonds is 12. The van der Waals surface area contributed by atoms with Crippen LogP contribution in [0, 0.1) is 0 Å². The third-order valence-corrected chi connectivity index (χ3v) is 8.74. The Hall–Kier alpha value is -3.28. The van der Waals surface area contributed by atoms with Gasteiger partial charge in [-0.15, -0.1) is 0 Å². The average molecular weight is 645 g/mol. The first-order valence-electron chi connectivity index (χ1n) is 13.0. The van der Waals surface area contributed by atoms with Crippen LogP contribution in [0.25, 0.3) is 0 Å². The fourth-order valence-corrected chi connectivity index (χ4v) is 5.95. The van der Waals surface area contributed by atoms with Gasteiger partial charge >= 0.3 is 6.18 Å². The zero-order valence-corrected chi connectivity index (χ0v) is 25.2. The van der Waals surface area contributed by atoms with Crippen molar-refractivity contribution in [1.82, 2.24) is 10.2 Å². The summed E-state index contributed by atoms with van der Waals surface area (Å²) < 4.78 is 69.3. The van der Waals surface area contributed by atoms with Crippen LogP contribution in [0.5, 0.6) is 0 Å². The van der Waals surface area contributed by atoms with Gasteiger partial charge < -0.3 is 10.2 Å². The zero-order chi connectivity index (χ0) is 31.1. The Balaban J connectivity index is 2.08. The molecule has 0 unspecified atom stereocenters. The first-order valence-corrected chi connectivity index (χ1v) is 15.2. The Morgan fingerprint density at radius 3 is 2.29 bits per heavy atom. The van der Waals surface area contributed by atoms with E-state index in [9.17, 15) is 31.2 Å².